The molecule has 0 spiro atoms. The zero-order valence-electron chi connectivity index (χ0n) is 5.27. The summed E-state index contributed by atoms with van der Waals surface area (Å²) in [7, 11) is 0. The van der Waals surface area contributed by atoms with Crippen LogP contribution in [0.4, 0.5) is 8.78 Å². The molecular formula is C7H7F2N. The van der Waals surface area contributed by atoms with Crippen LogP contribution in [0.15, 0.2) is 18.2 Å². The first-order valence-electron chi connectivity index (χ1n) is 2.88. The Hall–Kier alpha value is -0.960. The fraction of sp³-hybridized carbons (Fsp3) is 0.143. The molecule has 0 aliphatic carbocycles. The second-order valence-electron chi connectivity index (χ2n) is 1.92. The van der Waals surface area contributed by atoms with Crippen molar-refractivity contribution >= 4 is 0 Å². The zero-order valence-corrected chi connectivity index (χ0v) is 5.27. The minimum absolute atomic E-state index is 0.0313. The molecular weight excluding hydrogens is 136 g/mol. The Kier molecular flexibility index (Phi) is 1.97. The van der Waals surface area contributed by atoms with Crippen molar-refractivity contribution in [3.05, 3.63) is 35.4 Å². The molecule has 10 heavy (non-hydrogen) atoms. The SMILES string of the molecule is NCc1cccc(F)c1F. The van der Waals surface area contributed by atoms with Gasteiger partial charge in [-0.05, 0) is 6.07 Å². The third kappa shape index (κ3) is 1.14. The highest BCUT2D eigenvalue weighted by atomic mass is 19.2. The van der Waals surface area contributed by atoms with Crippen molar-refractivity contribution in [2.75, 3.05) is 0 Å². The van der Waals surface area contributed by atoms with E-state index < -0.39 is 11.6 Å². The molecule has 0 saturated heterocycles. The Morgan fingerprint density at radius 1 is 1.30 bits per heavy atom. The summed E-state index contributed by atoms with van der Waals surface area (Å²) in [6, 6.07) is 3.95. The van der Waals surface area contributed by atoms with Gasteiger partial charge in [-0.25, -0.2) is 8.78 Å². The summed E-state index contributed by atoms with van der Waals surface area (Å²) >= 11 is 0. The third-order valence-corrected chi connectivity index (χ3v) is 1.25. The molecule has 3 heteroatoms. The maximum atomic E-state index is 12.5. The molecule has 0 atom stereocenters. The summed E-state index contributed by atoms with van der Waals surface area (Å²) in [5.74, 6) is -1.69. The lowest BCUT2D eigenvalue weighted by atomic mass is 10.2. The van der Waals surface area contributed by atoms with Gasteiger partial charge >= 0.3 is 0 Å². The lowest BCUT2D eigenvalue weighted by Crippen LogP contribution is -2.00. The molecule has 1 nitrogen and oxygen atoms in total. The van der Waals surface area contributed by atoms with Gasteiger partial charge in [-0.3, -0.25) is 0 Å². The third-order valence-electron chi connectivity index (χ3n) is 1.25. The summed E-state index contributed by atoms with van der Waals surface area (Å²) < 4.78 is 24.9. The smallest absolute Gasteiger partial charge is 0.163 e. The van der Waals surface area contributed by atoms with Gasteiger partial charge < -0.3 is 5.73 Å². The number of halogens is 2. The maximum Gasteiger partial charge on any atom is 0.163 e. The van der Waals surface area contributed by atoms with Gasteiger partial charge in [0.1, 0.15) is 0 Å². The van der Waals surface area contributed by atoms with Crippen LogP contribution in [0.25, 0.3) is 0 Å². The molecule has 0 fully saturated rings. The monoisotopic (exact) mass is 143 g/mol. The second-order valence-corrected chi connectivity index (χ2v) is 1.92. The second kappa shape index (κ2) is 2.75. The largest absolute Gasteiger partial charge is 0.326 e. The van der Waals surface area contributed by atoms with Gasteiger partial charge in [0, 0.05) is 12.1 Å². The van der Waals surface area contributed by atoms with E-state index in [4.69, 9.17) is 5.73 Å². The van der Waals surface area contributed by atoms with Crippen LogP contribution in [-0.4, -0.2) is 0 Å². The molecule has 0 aliphatic heterocycles. The topological polar surface area (TPSA) is 26.0 Å². The average Bonchev–Trinajstić information content (AvgIpc) is 1.95. The van der Waals surface area contributed by atoms with Crippen LogP contribution in [0.1, 0.15) is 5.56 Å². The molecule has 0 bridgehead atoms. The van der Waals surface area contributed by atoms with E-state index in [1.807, 2.05) is 0 Å². The van der Waals surface area contributed by atoms with Gasteiger partial charge in [0.2, 0.25) is 0 Å². The highest BCUT2D eigenvalue weighted by molar-refractivity contribution is 5.18. The van der Waals surface area contributed by atoms with E-state index in [0.29, 0.717) is 0 Å². The van der Waals surface area contributed by atoms with Crippen molar-refractivity contribution < 1.29 is 8.78 Å². The number of hydrogen-bond acceptors (Lipinski definition) is 1. The summed E-state index contributed by atoms with van der Waals surface area (Å²) in [5, 5.41) is 0. The molecule has 2 N–H and O–H groups in total. The summed E-state index contributed by atoms with van der Waals surface area (Å²) in [5.41, 5.74) is 5.32. The van der Waals surface area contributed by atoms with Crippen LogP contribution in [0.2, 0.25) is 0 Å². The standard InChI is InChI=1S/C7H7F2N/c8-6-3-1-2-5(4-10)7(6)9/h1-3H,4,10H2. The van der Waals surface area contributed by atoms with Crippen molar-refractivity contribution in [2.45, 2.75) is 6.54 Å². The minimum Gasteiger partial charge on any atom is -0.326 e. The number of nitrogens with two attached hydrogens (primary N) is 1. The van der Waals surface area contributed by atoms with E-state index in [1.54, 1.807) is 0 Å². The fourth-order valence-corrected chi connectivity index (χ4v) is 0.706. The van der Waals surface area contributed by atoms with E-state index in [-0.39, 0.29) is 12.1 Å². The van der Waals surface area contributed by atoms with E-state index in [0.717, 1.165) is 6.07 Å². The molecule has 0 heterocycles. The number of hydrogen-bond donors (Lipinski definition) is 1. The van der Waals surface area contributed by atoms with Crippen LogP contribution in [0.5, 0.6) is 0 Å². The van der Waals surface area contributed by atoms with Crippen molar-refractivity contribution in [3.8, 4) is 0 Å². The molecule has 0 amide bonds. The van der Waals surface area contributed by atoms with Crippen LogP contribution < -0.4 is 5.73 Å². The van der Waals surface area contributed by atoms with Crippen molar-refractivity contribution in [2.24, 2.45) is 5.73 Å². The van der Waals surface area contributed by atoms with Crippen LogP contribution in [0.3, 0.4) is 0 Å². The number of rotatable bonds is 1. The lowest BCUT2D eigenvalue weighted by Gasteiger charge is -1.97. The quantitative estimate of drug-likeness (QED) is 0.632. The number of benzene rings is 1. The highest BCUT2D eigenvalue weighted by Crippen LogP contribution is 2.09. The van der Waals surface area contributed by atoms with Crippen LogP contribution >= 0.6 is 0 Å². The molecule has 1 rings (SSSR count). The van der Waals surface area contributed by atoms with Crippen LogP contribution in [-0.2, 0) is 6.54 Å². The molecule has 0 aromatic heterocycles. The Morgan fingerprint density at radius 2 is 2.00 bits per heavy atom. The van der Waals surface area contributed by atoms with Crippen molar-refractivity contribution in [1.82, 2.24) is 0 Å². The molecule has 1 aromatic rings. The Morgan fingerprint density at radius 3 is 2.50 bits per heavy atom. The average molecular weight is 143 g/mol. The van der Waals surface area contributed by atoms with Gasteiger partial charge in [0.05, 0.1) is 0 Å². The van der Waals surface area contributed by atoms with E-state index in [9.17, 15) is 8.78 Å². The maximum absolute atomic E-state index is 12.5. The molecule has 0 aliphatic rings. The highest BCUT2D eigenvalue weighted by Gasteiger charge is 2.03. The molecule has 0 radical (unpaired) electrons. The lowest BCUT2D eigenvalue weighted by molar-refractivity contribution is 0.499. The molecule has 0 saturated carbocycles. The Bertz CT molecular complexity index is 235. The normalized spacial score (nSPS) is 9.90. The van der Waals surface area contributed by atoms with Crippen LogP contribution in [0, 0.1) is 11.6 Å². The van der Waals surface area contributed by atoms with Gasteiger partial charge in [0.15, 0.2) is 11.6 Å². The van der Waals surface area contributed by atoms with Gasteiger partial charge in [-0.15, -0.1) is 0 Å². The van der Waals surface area contributed by atoms with Crippen molar-refractivity contribution in [3.63, 3.8) is 0 Å². The molecule has 54 valence electrons. The summed E-state index contributed by atoms with van der Waals surface area (Å²) in [6.45, 7) is 0.0313. The molecule has 0 unspecified atom stereocenters. The van der Waals surface area contributed by atoms with Crippen molar-refractivity contribution in [1.29, 1.82) is 0 Å². The van der Waals surface area contributed by atoms with E-state index in [2.05, 4.69) is 0 Å². The predicted molar refractivity (Wildman–Crippen MR) is 34.2 cm³/mol. The fourth-order valence-electron chi connectivity index (χ4n) is 0.706. The minimum atomic E-state index is -0.844. The Labute approximate surface area is 57.5 Å². The summed E-state index contributed by atoms with van der Waals surface area (Å²) in [6.07, 6.45) is 0. The van der Waals surface area contributed by atoms with Gasteiger partial charge in [-0.2, -0.15) is 0 Å². The van der Waals surface area contributed by atoms with E-state index >= 15 is 0 Å². The zero-order chi connectivity index (χ0) is 7.56. The van der Waals surface area contributed by atoms with E-state index in [1.165, 1.54) is 12.1 Å². The van der Waals surface area contributed by atoms with Gasteiger partial charge in [0.25, 0.3) is 0 Å². The first kappa shape index (κ1) is 7.15. The van der Waals surface area contributed by atoms with Gasteiger partial charge in [-0.1, -0.05) is 12.1 Å². The molecule has 1 aromatic carbocycles. The first-order chi connectivity index (χ1) is 4.75. The predicted octanol–water partition coefficient (Wildman–Crippen LogP) is 1.42. The Balaban J connectivity index is 3.14. The summed E-state index contributed by atoms with van der Waals surface area (Å²) in [4.78, 5) is 0. The first-order valence-corrected chi connectivity index (χ1v) is 2.88.